The van der Waals surface area contributed by atoms with E-state index in [4.69, 9.17) is 0 Å². The molecule has 3 N–H and O–H groups in total. The number of benzene rings is 1. The summed E-state index contributed by atoms with van der Waals surface area (Å²) in [6.45, 7) is 5.24. The van der Waals surface area contributed by atoms with E-state index in [0.29, 0.717) is 25.1 Å². The van der Waals surface area contributed by atoms with Crippen molar-refractivity contribution >= 4 is 11.6 Å². The minimum atomic E-state index is -4.36. The second kappa shape index (κ2) is 10.6. The van der Waals surface area contributed by atoms with Crippen LogP contribution in [0.5, 0.6) is 0 Å². The van der Waals surface area contributed by atoms with Gasteiger partial charge in [0.2, 0.25) is 5.91 Å². The van der Waals surface area contributed by atoms with Crippen molar-refractivity contribution in [3.63, 3.8) is 0 Å². The number of rotatable bonds is 8. The number of carbonyl (C=O) groups is 1. The molecule has 0 aromatic heterocycles. The lowest BCUT2D eigenvalue weighted by molar-refractivity contribution is -0.137. The molecule has 32 heavy (non-hydrogen) atoms. The molecule has 1 aliphatic carbocycles. The number of alkyl halides is 3. The summed E-state index contributed by atoms with van der Waals surface area (Å²) in [5.74, 6) is 0.220. The third kappa shape index (κ3) is 5.74. The summed E-state index contributed by atoms with van der Waals surface area (Å²) in [6.07, 6.45) is 6.37. The molecule has 1 aliphatic heterocycles. The largest absolute Gasteiger partial charge is 0.416 e. The molecule has 0 radical (unpaired) electrons. The molecule has 0 spiro atoms. The minimum Gasteiger partial charge on any atom is -0.381 e. The van der Waals surface area contributed by atoms with E-state index in [2.05, 4.69) is 28.1 Å². The molecule has 1 heterocycles. The maximum absolute atomic E-state index is 13.3. The fraction of sp³-hybridized carbons (Fsp3) is 0.560. The van der Waals surface area contributed by atoms with Gasteiger partial charge < -0.3 is 16.0 Å². The van der Waals surface area contributed by atoms with E-state index in [1.807, 2.05) is 33.0 Å². The Morgan fingerprint density at radius 3 is 2.69 bits per heavy atom. The molecule has 0 saturated heterocycles. The molecule has 0 bridgehead atoms. The maximum Gasteiger partial charge on any atom is 0.416 e. The average Bonchev–Trinajstić information content (AvgIpc) is 2.78. The zero-order valence-electron chi connectivity index (χ0n) is 19.0. The van der Waals surface area contributed by atoms with Crippen LogP contribution in [-0.2, 0) is 11.0 Å². The highest BCUT2D eigenvalue weighted by molar-refractivity contribution is 5.78. The number of nitrogens with one attached hydrogen (secondary N) is 3. The lowest BCUT2D eigenvalue weighted by atomic mass is 9.70. The molecule has 1 unspecified atom stereocenters. The van der Waals surface area contributed by atoms with Gasteiger partial charge in [-0.3, -0.25) is 4.79 Å². The van der Waals surface area contributed by atoms with Crippen LogP contribution < -0.4 is 16.0 Å². The van der Waals surface area contributed by atoms with Gasteiger partial charge in [0.05, 0.1) is 5.56 Å². The van der Waals surface area contributed by atoms with Crippen LogP contribution in [0.2, 0.25) is 0 Å². The highest BCUT2D eigenvalue weighted by Crippen LogP contribution is 2.45. The number of likely N-dealkylation sites (N-methyl/N-ethyl adjacent to an activating group) is 1. The number of amides is 1. The van der Waals surface area contributed by atoms with Gasteiger partial charge in [-0.05, 0) is 61.9 Å². The van der Waals surface area contributed by atoms with E-state index in [1.165, 1.54) is 6.07 Å². The predicted molar refractivity (Wildman–Crippen MR) is 122 cm³/mol. The molecule has 3 rings (SSSR count). The van der Waals surface area contributed by atoms with Gasteiger partial charge >= 0.3 is 6.18 Å². The van der Waals surface area contributed by atoms with Gasteiger partial charge in [0.15, 0.2) is 0 Å². The van der Waals surface area contributed by atoms with E-state index in [1.54, 1.807) is 6.07 Å². The molecule has 1 aromatic rings. The molecular weight excluding hydrogens is 415 g/mol. The topological polar surface area (TPSA) is 53.2 Å². The fourth-order valence-electron chi connectivity index (χ4n) is 4.85. The molecule has 7 heteroatoms. The highest BCUT2D eigenvalue weighted by atomic mass is 19.4. The Morgan fingerprint density at radius 2 is 2.03 bits per heavy atom. The van der Waals surface area contributed by atoms with Crippen molar-refractivity contribution in [2.75, 3.05) is 25.5 Å². The Bertz CT molecular complexity index is 849. The predicted octanol–water partition coefficient (Wildman–Crippen LogP) is 5.10. The highest BCUT2D eigenvalue weighted by Gasteiger charge is 2.39. The van der Waals surface area contributed by atoms with E-state index in [-0.39, 0.29) is 35.6 Å². The second-order valence-electron chi connectivity index (χ2n) is 9.01. The van der Waals surface area contributed by atoms with E-state index in [0.717, 1.165) is 24.6 Å². The first-order valence-electron chi connectivity index (χ1n) is 11.5. The van der Waals surface area contributed by atoms with Crippen LogP contribution in [0.1, 0.15) is 50.2 Å². The summed E-state index contributed by atoms with van der Waals surface area (Å²) in [7, 11) is 1.84. The molecule has 5 atom stereocenters. The zero-order chi connectivity index (χ0) is 23.3. The molecule has 1 amide bonds. The first kappa shape index (κ1) is 24.4. The van der Waals surface area contributed by atoms with Crippen LogP contribution in [0.25, 0.3) is 0 Å². The van der Waals surface area contributed by atoms with Crippen molar-refractivity contribution in [3.8, 4) is 0 Å². The Balaban J connectivity index is 1.80. The third-order valence-corrected chi connectivity index (χ3v) is 6.82. The lowest BCUT2D eigenvalue weighted by Gasteiger charge is -2.43. The monoisotopic (exact) mass is 449 g/mol. The minimum absolute atomic E-state index is 0.0217. The van der Waals surface area contributed by atoms with Gasteiger partial charge in [0.25, 0.3) is 0 Å². The number of hydrogen-bond donors (Lipinski definition) is 3. The van der Waals surface area contributed by atoms with Gasteiger partial charge in [0.1, 0.15) is 0 Å². The smallest absolute Gasteiger partial charge is 0.381 e. The molecule has 2 aliphatic rings. The van der Waals surface area contributed by atoms with E-state index in [9.17, 15) is 18.0 Å². The second-order valence-corrected chi connectivity index (χ2v) is 9.01. The van der Waals surface area contributed by atoms with Crippen molar-refractivity contribution in [1.29, 1.82) is 0 Å². The number of anilines is 1. The van der Waals surface area contributed by atoms with Crippen molar-refractivity contribution in [3.05, 3.63) is 53.6 Å². The Morgan fingerprint density at radius 1 is 1.25 bits per heavy atom. The summed E-state index contributed by atoms with van der Waals surface area (Å²) in [5.41, 5.74) is 0.884. The Labute approximate surface area is 188 Å². The van der Waals surface area contributed by atoms with Crippen molar-refractivity contribution < 1.29 is 18.0 Å². The quantitative estimate of drug-likeness (QED) is 0.484. The summed E-state index contributed by atoms with van der Waals surface area (Å²) >= 11 is 0. The average molecular weight is 450 g/mol. The van der Waals surface area contributed by atoms with Gasteiger partial charge in [-0.1, -0.05) is 38.2 Å². The fourth-order valence-corrected chi connectivity index (χ4v) is 4.85. The third-order valence-electron chi connectivity index (χ3n) is 6.82. The molecule has 0 saturated carbocycles. The number of fused-ring (bicyclic) bond motifs is 1. The molecule has 0 fully saturated rings. The zero-order valence-corrected chi connectivity index (χ0v) is 19.0. The van der Waals surface area contributed by atoms with Crippen molar-refractivity contribution in [2.45, 2.75) is 51.2 Å². The van der Waals surface area contributed by atoms with Crippen LogP contribution in [0.3, 0.4) is 0 Å². The van der Waals surface area contributed by atoms with Crippen LogP contribution >= 0.6 is 0 Å². The normalized spacial score (nSPS) is 25.7. The van der Waals surface area contributed by atoms with Crippen LogP contribution in [0, 0.1) is 17.8 Å². The molecule has 176 valence electrons. The standard InChI is InChI=1S/C25H34F3N3O/c1-16(24(32)30-14-13-29-3)9-11-20-17(2)21-15-19(25(26,27)28)10-12-22(21)31-23(20)18-7-5-4-6-8-18/h4-7,10,12,15-18,20,23,29,31H,8-9,11,13-14H2,1-3H3,(H,30,32)/t16-,17+,18?,20-,23+/m1/s1. The van der Waals surface area contributed by atoms with Crippen LogP contribution in [0.4, 0.5) is 18.9 Å². The number of allylic oxidation sites excluding steroid dienone is 3. The van der Waals surface area contributed by atoms with Crippen molar-refractivity contribution in [1.82, 2.24) is 10.6 Å². The first-order valence-corrected chi connectivity index (χ1v) is 11.5. The van der Waals surface area contributed by atoms with Gasteiger partial charge in [-0.25, -0.2) is 0 Å². The van der Waals surface area contributed by atoms with E-state index >= 15 is 0 Å². The summed E-state index contributed by atoms with van der Waals surface area (Å²) in [5, 5.41) is 9.50. The van der Waals surface area contributed by atoms with E-state index < -0.39 is 11.7 Å². The summed E-state index contributed by atoms with van der Waals surface area (Å²) in [6, 6.07) is 4.12. The summed E-state index contributed by atoms with van der Waals surface area (Å²) < 4.78 is 40.0. The number of carbonyl (C=O) groups excluding carboxylic acids is 1. The molecular formula is C25H34F3N3O. The Hall–Kier alpha value is -2.28. The first-order chi connectivity index (χ1) is 15.2. The molecule has 1 aromatic carbocycles. The van der Waals surface area contributed by atoms with Gasteiger partial charge in [0, 0.05) is 36.7 Å². The van der Waals surface area contributed by atoms with Crippen LogP contribution in [-0.4, -0.2) is 32.1 Å². The number of halogens is 3. The lowest BCUT2D eigenvalue weighted by Crippen LogP contribution is -2.43. The SMILES string of the molecule is CNCCNC(=O)[C@H](C)CC[C@@H]1[C@H](C)c2cc(C(F)(F)F)ccc2N[C@H]1C1C=CC=CC1. The maximum atomic E-state index is 13.3. The molecule has 4 nitrogen and oxygen atoms in total. The van der Waals surface area contributed by atoms with Gasteiger partial charge in [-0.2, -0.15) is 13.2 Å². The van der Waals surface area contributed by atoms with Crippen LogP contribution in [0.15, 0.2) is 42.5 Å². The Kier molecular flexibility index (Phi) is 8.04. The van der Waals surface area contributed by atoms with Gasteiger partial charge in [-0.15, -0.1) is 0 Å². The van der Waals surface area contributed by atoms with Crippen molar-refractivity contribution in [2.24, 2.45) is 17.8 Å². The number of hydrogen-bond acceptors (Lipinski definition) is 3. The summed E-state index contributed by atoms with van der Waals surface area (Å²) in [4.78, 5) is 12.4.